The molecule has 0 unspecified atom stereocenters. The van der Waals surface area contributed by atoms with E-state index in [1.54, 1.807) is 43.4 Å². The number of fused-ring (bicyclic) bond motifs is 1. The Labute approximate surface area is 158 Å². The molecule has 0 saturated carbocycles. The highest BCUT2D eigenvalue weighted by molar-refractivity contribution is 5.92. The molecule has 0 aromatic heterocycles. The summed E-state index contributed by atoms with van der Waals surface area (Å²) in [4.78, 5) is 14.4. The second-order valence-corrected chi connectivity index (χ2v) is 6.25. The number of nitrogens with zero attached hydrogens (tertiary/aromatic N) is 1. The van der Waals surface area contributed by atoms with E-state index in [0.717, 1.165) is 17.5 Å². The second-order valence-electron chi connectivity index (χ2n) is 6.25. The first kappa shape index (κ1) is 18.6. The maximum atomic E-state index is 12.6. The van der Waals surface area contributed by atoms with Crippen molar-refractivity contribution in [3.8, 4) is 23.0 Å². The fourth-order valence-corrected chi connectivity index (χ4v) is 3.14. The third-order valence-electron chi connectivity index (χ3n) is 4.65. The van der Waals surface area contributed by atoms with Crippen LogP contribution in [-0.2, 0) is 17.8 Å². The van der Waals surface area contributed by atoms with Crippen LogP contribution in [0.5, 0.6) is 23.0 Å². The smallest absolute Gasteiger partial charge is 0.246 e. The number of carbonyl (C=O) groups is 1. The predicted octanol–water partition coefficient (Wildman–Crippen LogP) is 3.02. The van der Waals surface area contributed by atoms with Gasteiger partial charge < -0.3 is 24.2 Å². The summed E-state index contributed by atoms with van der Waals surface area (Å²) in [7, 11) is 4.71. The highest BCUT2D eigenvalue weighted by atomic mass is 16.5. The SMILES string of the molecule is COc1cc(/C=C/C(=O)N2CCc3cc(OC)c(OC)cc3C2)ccc1O. The normalized spacial score (nSPS) is 13.4. The standard InChI is InChI=1S/C21H23NO5/c1-25-18-10-14(4-6-17(18)23)5-7-21(24)22-9-8-15-11-19(26-2)20(27-3)12-16(15)13-22/h4-7,10-12,23H,8-9,13H2,1-3H3/b7-5+. The number of phenols is 1. The van der Waals surface area contributed by atoms with E-state index in [1.165, 1.54) is 18.7 Å². The minimum absolute atomic E-state index is 0.0672. The van der Waals surface area contributed by atoms with Crippen molar-refractivity contribution in [2.45, 2.75) is 13.0 Å². The first-order valence-corrected chi connectivity index (χ1v) is 8.63. The summed E-state index contributed by atoms with van der Waals surface area (Å²) < 4.78 is 15.8. The molecule has 142 valence electrons. The zero-order valence-electron chi connectivity index (χ0n) is 15.7. The third kappa shape index (κ3) is 4.00. The maximum Gasteiger partial charge on any atom is 0.246 e. The number of benzene rings is 2. The lowest BCUT2D eigenvalue weighted by Crippen LogP contribution is -2.34. The molecule has 1 amide bonds. The van der Waals surface area contributed by atoms with Gasteiger partial charge >= 0.3 is 0 Å². The van der Waals surface area contributed by atoms with Crippen molar-refractivity contribution in [3.05, 3.63) is 53.1 Å². The van der Waals surface area contributed by atoms with Crippen LogP contribution in [-0.4, -0.2) is 43.8 Å². The first-order valence-electron chi connectivity index (χ1n) is 8.63. The van der Waals surface area contributed by atoms with Crippen molar-refractivity contribution in [1.82, 2.24) is 4.90 Å². The van der Waals surface area contributed by atoms with Crippen LogP contribution in [0.4, 0.5) is 0 Å². The van der Waals surface area contributed by atoms with Crippen LogP contribution in [0.2, 0.25) is 0 Å². The molecule has 6 nitrogen and oxygen atoms in total. The molecular weight excluding hydrogens is 346 g/mol. The van der Waals surface area contributed by atoms with E-state index in [0.29, 0.717) is 30.3 Å². The van der Waals surface area contributed by atoms with Crippen LogP contribution in [0.1, 0.15) is 16.7 Å². The highest BCUT2D eigenvalue weighted by Crippen LogP contribution is 2.33. The molecule has 0 bridgehead atoms. The summed E-state index contributed by atoms with van der Waals surface area (Å²) in [5.41, 5.74) is 3.01. The lowest BCUT2D eigenvalue weighted by molar-refractivity contribution is -0.126. The molecule has 6 heteroatoms. The van der Waals surface area contributed by atoms with Gasteiger partial charge in [0.25, 0.3) is 0 Å². The van der Waals surface area contributed by atoms with Crippen molar-refractivity contribution in [2.75, 3.05) is 27.9 Å². The Balaban J connectivity index is 1.74. The largest absolute Gasteiger partial charge is 0.504 e. The number of amides is 1. The highest BCUT2D eigenvalue weighted by Gasteiger charge is 2.21. The molecule has 0 saturated heterocycles. The van der Waals surface area contributed by atoms with Gasteiger partial charge in [0.15, 0.2) is 23.0 Å². The minimum Gasteiger partial charge on any atom is -0.504 e. The van der Waals surface area contributed by atoms with E-state index in [4.69, 9.17) is 14.2 Å². The summed E-state index contributed by atoms with van der Waals surface area (Å²) in [6.07, 6.45) is 4.02. The Morgan fingerprint density at radius 3 is 2.33 bits per heavy atom. The molecule has 1 aliphatic rings. The zero-order chi connectivity index (χ0) is 19.4. The Bertz CT molecular complexity index is 875. The van der Waals surface area contributed by atoms with Gasteiger partial charge in [-0.25, -0.2) is 0 Å². The Hall–Kier alpha value is -3.15. The fraction of sp³-hybridized carbons (Fsp3) is 0.286. The predicted molar refractivity (Wildman–Crippen MR) is 102 cm³/mol. The molecule has 2 aromatic rings. The van der Waals surface area contributed by atoms with Crippen LogP contribution >= 0.6 is 0 Å². The van der Waals surface area contributed by atoms with E-state index in [9.17, 15) is 9.90 Å². The van der Waals surface area contributed by atoms with E-state index in [1.807, 2.05) is 12.1 Å². The quantitative estimate of drug-likeness (QED) is 0.821. The van der Waals surface area contributed by atoms with Crippen LogP contribution in [0, 0.1) is 0 Å². The van der Waals surface area contributed by atoms with Crippen molar-refractivity contribution in [2.24, 2.45) is 0 Å². The monoisotopic (exact) mass is 369 g/mol. The zero-order valence-corrected chi connectivity index (χ0v) is 15.7. The van der Waals surface area contributed by atoms with E-state index in [-0.39, 0.29) is 11.7 Å². The Morgan fingerprint density at radius 1 is 1.00 bits per heavy atom. The fourth-order valence-electron chi connectivity index (χ4n) is 3.14. The number of methoxy groups -OCH3 is 3. The van der Waals surface area contributed by atoms with Crippen LogP contribution in [0.25, 0.3) is 6.08 Å². The van der Waals surface area contributed by atoms with Gasteiger partial charge in [0.05, 0.1) is 21.3 Å². The number of ether oxygens (including phenoxy) is 3. The molecule has 0 fully saturated rings. The molecular formula is C21H23NO5. The summed E-state index contributed by atoms with van der Waals surface area (Å²) in [5, 5.41) is 9.65. The number of aromatic hydroxyl groups is 1. The lowest BCUT2D eigenvalue weighted by atomic mass is 9.98. The van der Waals surface area contributed by atoms with Crippen molar-refractivity contribution >= 4 is 12.0 Å². The van der Waals surface area contributed by atoms with Gasteiger partial charge in [0, 0.05) is 19.2 Å². The van der Waals surface area contributed by atoms with Crippen molar-refractivity contribution < 1.29 is 24.1 Å². The molecule has 3 rings (SSSR count). The third-order valence-corrected chi connectivity index (χ3v) is 4.65. The number of rotatable bonds is 5. The van der Waals surface area contributed by atoms with Crippen LogP contribution in [0.3, 0.4) is 0 Å². The van der Waals surface area contributed by atoms with Crippen LogP contribution in [0.15, 0.2) is 36.4 Å². The average molecular weight is 369 g/mol. The molecule has 1 N–H and O–H groups in total. The van der Waals surface area contributed by atoms with Gasteiger partial charge in [-0.1, -0.05) is 6.07 Å². The topological polar surface area (TPSA) is 68.2 Å². The average Bonchev–Trinajstić information content (AvgIpc) is 2.71. The lowest BCUT2D eigenvalue weighted by Gasteiger charge is -2.28. The van der Waals surface area contributed by atoms with Gasteiger partial charge in [0.2, 0.25) is 5.91 Å². The first-order chi connectivity index (χ1) is 13.0. The molecule has 27 heavy (non-hydrogen) atoms. The second kappa shape index (κ2) is 8.03. The Kier molecular flexibility index (Phi) is 5.54. The van der Waals surface area contributed by atoms with E-state index in [2.05, 4.69) is 0 Å². The molecule has 2 aromatic carbocycles. The molecule has 0 atom stereocenters. The van der Waals surface area contributed by atoms with Gasteiger partial charge in [-0.15, -0.1) is 0 Å². The molecule has 0 aliphatic carbocycles. The molecule has 1 aliphatic heterocycles. The molecule has 0 radical (unpaired) electrons. The summed E-state index contributed by atoms with van der Waals surface area (Å²) in [6, 6.07) is 8.86. The Morgan fingerprint density at radius 2 is 1.67 bits per heavy atom. The number of hydrogen-bond donors (Lipinski definition) is 1. The van der Waals surface area contributed by atoms with E-state index >= 15 is 0 Å². The van der Waals surface area contributed by atoms with E-state index < -0.39 is 0 Å². The number of carbonyl (C=O) groups excluding carboxylic acids is 1. The van der Waals surface area contributed by atoms with Gasteiger partial charge in [0.1, 0.15) is 0 Å². The summed E-state index contributed by atoms with van der Waals surface area (Å²) in [6.45, 7) is 1.17. The van der Waals surface area contributed by atoms with Crippen molar-refractivity contribution in [3.63, 3.8) is 0 Å². The van der Waals surface area contributed by atoms with Gasteiger partial charge in [-0.2, -0.15) is 0 Å². The van der Waals surface area contributed by atoms with Crippen molar-refractivity contribution in [1.29, 1.82) is 0 Å². The summed E-state index contributed by atoms with van der Waals surface area (Å²) in [5.74, 6) is 1.74. The van der Waals surface area contributed by atoms with Gasteiger partial charge in [-0.3, -0.25) is 4.79 Å². The summed E-state index contributed by atoms with van der Waals surface area (Å²) >= 11 is 0. The number of hydrogen-bond acceptors (Lipinski definition) is 5. The number of phenolic OH excluding ortho intramolecular Hbond substituents is 1. The van der Waals surface area contributed by atoms with Gasteiger partial charge in [-0.05, 0) is 53.5 Å². The molecule has 1 heterocycles. The van der Waals surface area contributed by atoms with Crippen LogP contribution < -0.4 is 14.2 Å². The molecule has 0 spiro atoms. The maximum absolute atomic E-state index is 12.6. The minimum atomic E-state index is -0.0672.